The van der Waals surface area contributed by atoms with Gasteiger partial charge in [0.1, 0.15) is 12.0 Å². The summed E-state index contributed by atoms with van der Waals surface area (Å²) in [7, 11) is 5.49. The summed E-state index contributed by atoms with van der Waals surface area (Å²) in [5.74, 6) is 0.747. The number of methoxy groups -OCH3 is 1. The van der Waals surface area contributed by atoms with Gasteiger partial charge >= 0.3 is 0 Å². The van der Waals surface area contributed by atoms with Crippen LogP contribution in [0.4, 0.5) is 11.4 Å². The monoisotopic (exact) mass is 363 g/mol. The summed E-state index contributed by atoms with van der Waals surface area (Å²) >= 11 is 0. The first kappa shape index (κ1) is 18.3. The lowest BCUT2D eigenvalue weighted by Gasteiger charge is -2.12. The lowest BCUT2D eigenvalue weighted by molar-refractivity contribution is -0.110. The van der Waals surface area contributed by atoms with Gasteiger partial charge in [-0.1, -0.05) is 35.5 Å². The van der Waals surface area contributed by atoms with Gasteiger partial charge in [0.15, 0.2) is 5.75 Å². The lowest BCUT2D eigenvalue weighted by Crippen LogP contribution is -2.14. The van der Waals surface area contributed by atoms with Crippen molar-refractivity contribution in [3.05, 3.63) is 60.7 Å². The molecule has 0 aliphatic carbocycles. The van der Waals surface area contributed by atoms with Gasteiger partial charge in [-0.05, 0) is 35.7 Å². The summed E-state index contributed by atoms with van der Waals surface area (Å²) in [6.07, 6.45) is 1.09. The topological polar surface area (TPSA) is 63.2 Å². The molecule has 6 heteroatoms. The molecule has 0 aliphatic rings. The van der Waals surface area contributed by atoms with Crippen molar-refractivity contribution in [2.24, 2.45) is 5.16 Å². The van der Waals surface area contributed by atoms with E-state index >= 15 is 0 Å². The zero-order valence-electron chi connectivity index (χ0n) is 15.5. The van der Waals surface area contributed by atoms with E-state index in [1.54, 1.807) is 25.3 Å². The van der Waals surface area contributed by atoms with Crippen LogP contribution < -0.4 is 19.8 Å². The van der Waals surface area contributed by atoms with Crippen molar-refractivity contribution < 1.29 is 14.4 Å². The van der Waals surface area contributed by atoms with Crippen LogP contribution in [0.3, 0.4) is 0 Å². The van der Waals surface area contributed by atoms with Crippen LogP contribution in [0.1, 0.15) is 0 Å². The summed E-state index contributed by atoms with van der Waals surface area (Å²) in [6, 6.07) is 18.9. The Morgan fingerprint density at radius 3 is 2.48 bits per heavy atom. The Morgan fingerprint density at radius 2 is 1.78 bits per heavy atom. The number of hydrogen-bond donors (Lipinski definition) is 1. The smallest absolute Gasteiger partial charge is 0.270 e. The van der Waals surface area contributed by atoms with Crippen LogP contribution in [0.25, 0.3) is 10.8 Å². The highest BCUT2D eigenvalue weighted by Gasteiger charge is 2.10. The van der Waals surface area contributed by atoms with Crippen LogP contribution in [0.5, 0.6) is 11.5 Å². The highest BCUT2D eigenvalue weighted by molar-refractivity contribution is 6.32. The molecule has 3 aromatic rings. The standard InChI is InChI=1S/C21H21N3O3/c1-24(2)16-9-11-17(12-10-16)27-22-14-20(25)23-19-13-8-15-6-4-5-7-18(15)21(19)26-3/h4-14H,1-3H3,(H,23,25). The van der Waals surface area contributed by atoms with Crippen LogP contribution >= 0.6 is 0 Å². The van der Waals surface area contributed by atoms with Crippen LogP contribution in [0.2, 0.25) is 0 Å². The van der Waals surface area contributed by atoms with E-state index in [1.165, 1.54) is 0 Å². The Balaban J connectivity index is 1.67. The molecule has 3 rings (SSSR count). The lowest BCUT2D eigenvalue weighted by atomic mass is 10.1. The Hall–Kier alpha value is -3.54. The fraction of sp³-hybridized carbons (Fsp3) is 0.143. The van der Waals surface area contributed by atoms with Crippen LogP contribution in [0, 0.1) is 0 Å². The first-order valence-electron chi connectivity index (χ1n) is 8.43. The highest BCUT2D eigenvalue weighted by atomic mass is 16.6. The summed E-state index contributed by atoms with van der Waals surface area (Å²) in [5.41, 5.74) is 1.62. The second kappa shape index (κ2) is 8.23. The Labute approximate surface area is 158 Å². The molecule has 0 saturated heterocycles. The first-order valence-corrected chi connectivity index (χ1v) is 8.43. The van der Waals surface area contributed by atoms with E-state index in [2.05, 4.69) is 10.5 Å². The fourth-order valence-corrected chi connectivity index (χ4v) is 2.67. The molecule has 138 valence electrons. The molecule has 1 N–H and O–H groups in total. The molecular weight excluding hydrogens is 342 g/mol. The molecule has 0 heterocycles. The van der Waals surface area contributed by atoms with Gasteiger partial charge in [0.25, 0.3) is 5.91 Å². The third-order valence-corrected chi connectivity index (χ3v) is 4.02. The van der Waals surface area contributed by atoms with Gasteiger partial charge in [-0.25, -0.2) is 0 Å². The molecule has 0 aliphatic heterocycles. The van der Waals surface area contributed by atoms with E-state index in [9.17, 15) is 4.79 Å². The van der Waals surface area contributed by atoms with Crippen LogP contribution in [-0.4, -0.2) is 33.3 Å². The molecular formula is C21H21N3O3. The number of amides is 1. The van der Waals surface area contributed by atoms with E-state index < -0.39 is 5.91 Å². The molecule has 3 aromatic carbocycles. The summed E-state index contributed by atoms with van der Waals surface area (Å²) in [4.78, 5) is 19.4. The van der Waals surface area contributed by atoms with Gasteiger partial charge < -0.3 is 19.8 Å². The molecule has 0 fully saturated rings. The van der Waals surface area contributed by atoms with Crippen LogP contribution in [-0.2, 0) is 4.79 Å². The number of nitrogens with one attached hydrogen (secondary N) is 1. The van der Waals surface area contributed by atoms with E-state index in [4.69, 9.17) is 9.57 Å². The number of rotatable bonds is 6. The van der Waals surface area contributed by atoms with Crippen molar-refractivity contribution in [1.82, 2.24) is 0 Å². The maximum absolute atomic E-state index is 12.1. The van der Waals surface area contributed by atoms with Gasteiger partial charge in [-0.3, -0.25) is 4.79 Å². The minimum Gasteiger partial charge on any atom is -0.494 e. The normalized spacial score (nSPS) is 10.8. The predicted octanol–water partition coefficient (Wildman–Crippen LogP) is 3.92. The molecule has 0 saturated carbocycles. The molecule has 0 unspecified atom stereocenters. The average Bonchev–Trinajstić information content (AvgIpc) is 2.68. The van der Waals surface area contributed by atoms with Crippen molar-refractivity contribution in [2.45, 2.75) is 0 Å². The largest absolute Gasteiger partial charge is 0.494 e. The zero-order chi connectivity index (χ0) is 19.2. The van der Waals surface area contributed by atoms with E-state index in [0.717, 1.165) is 22.7 Å². The van der Waals surface area contributed by atoms with E-state index in [0.29, 0.717) is 17.2 Å². The molecule has 27 heavy (non-hydrogen) atoms. The number of nitrogens with zero attached hydrogens (tertiary/aromatic N) is 2. The van der Waals surface area contributed by atoms with Crippen molar-refractivity contribution in [3.8, 4) is 11.5 Å². The third kappa shape index (κ3) is 4.36. The SMILES string of the molecule is COc1c(NC(=O)C=NOc2ccc(N(C)C)cc2)ccc2ccccc12. The molecule has 0 aromatic heterocycles. The molecule has 0 spiro atoms. The number of carbonyl (C=O) groups is 1. The van der Waals surface area contributed by atoms with Gasteiger partial charge in [0.2, 0.25) is 0 Å². The predicted molar refractivity (Wildman–Crippen MR) is 109 cm³/mol. The second-order valence-corrected chi connectivity index (χ2v) is 6.07. The zero-order valence-corrected chi connectivity index (χ0v) is 15.5. The number of hydrogen-bond acceptors (Lipinski definition) is 5. The number of ether oxygens (including phenoxy) is 1. The third-order valence-electron chi connectivity index (χ3n) is 4.02. The number of carbonyl (C=O) groups excluding carboxylic acids is 1. The van der Waals surface area contributed by atoms with Gasteiger partial charge in [-0.2, -0.15) is 0 Å². The molecule has 0 radical (unpaired) electrons. The average molecular weight is 363 g/mol. The number of anilines is 2. The van der Waals surface area contributed by atoms with Crippen molar-refractivity contribution >= 4 is 34.3 Å². The fourth-order valence-electron chi connectivity index (χ4n) is 2.67. The highest BCUT2D eigenvalue weighted by Crippen LogP contribution is 2.33. The molecule has 0 bridgehead atoms. The number of fused-ring (bicyclic) bond motifs is 1. The van der Waals surface area contributed by atoms with E-state index in [-0.39, 0.29) is 0 Å². The van der Waals surface area contributed by atoms with Crippen molar-refractivity contribution in [2.75, 3.05) is 31.4 Å². The summed E-state index contributed by atoms with van der Waals surface area (Å²) in [6.45, 7) is 0. The molecule has 6 nitrogen and oxygen atoms in total. The number of oxime groups is 1. The van der Waals surface area contributed by atoms with Crippen molar-refractivity contribution in [3.63, 3.8) is 0 Å². The Morgan fingerprint density at radius 1 is 1.04 bits per heavy atom. The van der Waals surface area contributed by atoms with Gasteiger partial charge in [-0.15, -0.1) is 0 Å². The van der Waals surface area contributed by atoms with Crippen molar-refractivity contribution in [1.29, 1.82) is 0 Å². The maximum atomic E-state index is 12.1. The Bertz CT molecular complexity index is 966. The molecule has 1 amide bonds. The van der Waals surface area contributed by atoms with Crippen LogP contribution in [0.15, 0.2) is 65.8 Å². The first-order chi connectivity index (χ1) is 13.1. The summed E-state index contributed by atoms with van der Waals surface area (Å²) < 4.78 is 5.47. The summed E-state index contributed by atoms with van der Waals surface area (Å²) in [5, 5.41) is 8.46. The quantitative estimate of drug-likeness (QED) is 0.533. The van der Waals surface area contributed by atoms with E-state index in [1.807, 2.05) is 61.5 Å². The maximum Gasteiger partial charge on any atom is 0.270 e. The second-order valence-electron chi connectivity index (χ2n) is 6.07. The van der Waals surface area contributed by atoms with Gasteiger partial charge in [0, 0.05) is 25.2 Å². The Kier molecular flexibility index (Phi) is 5.56. The molecule has 0 atom stereocenters. The van der Waals surface area contributed by atoms with Gasteiger partial charge in [0.05, 0.1) is 12.8 Å². The minimum absolute atomic E-state index is 0.409. The minimum atomic E-state index is -0.409. The number of benzene rings is 3.